The van der Waals surface area contributed by atoms with Gasteiger partial charge in [0, 0.05) is 24.3 Å². The topological polar surface area (TPSA) is 20.3 Å². The Morgan fingerprint density at radius 2 is 1.86 bits per heavy atom. The van der Waals surface area contributed by atoms with E-state index < -0.39 is 0 Å². The minimum absolute atomic E-state index is 0.0992. The normalized spacial score (nSPS) is 17.7. The zero-order chi connectivity index (χ0) is 15.4. The third-order valence-corrected chi connectivity index (χ3v) is 5.10. The van der Waals surface area contributed by atoms with E-state index >= 15 is 0 Å². The third-order valence-electron chi connectivity index (χ3n) is 3.85. The number of aryl methyl sites for hydroxylation is 1. The van der Waals surface area contributed by atoms with Crippen molar-refractivity contribution in [2.24, 2.45) is 0 Å². The first-order chi connectivity index (χ1) is 10.8. The van der Waals surface area contributed by atoms with E-state index in [4.69, 9.17) is 0 Å². The fourth-order valence-corrected chi connectivity index (χ4v) is 4.00. The van der Waals surface area contributed by atoms with Crippen molar-refractivity contribution in [3.05, 3.63) is 71.5 Å². The Hall–Kier alpha value is -1.81. The van der Waals surface area contributed by atoms with E-state index in [2.05, 4.69) is 0 Å². The molecule has 1 aliphatic heterocycles. The molecule has 1 fully saturated rings. The van der Waals surface area contributed by atoms with E-state index in [0.717, 1.165) is 17.7 Å². The quantitative estimate of drug-likeness (QED) is 0.849. The molecule has 2 nitrogen and oxygen atoms in total. The number of amides is 1. The van der Waals surface area contributed by atoms with Crippen LogP contribution in [0.3, 0.4) is 0 Å². The summed E-state index contributed by atoms with van der Waals surface area (Å²) in [6, 6.07) is 16.7. The molecule has 2 aromatic rings. The molecule has 0 bridgehead atoms. The van der Waals surface area contributed by atoms with Gasteiger partial charge in [0.05, 0.1) is 0 Å². The van der Waals surface area contributed by atoms with Crippen LogP contribution in [0.1, 0.15) is 22.9 Å². The van der Waals surface area contributed by atoms with Crippen LogP contribution in [0, 0.1) is 5.82 Å². The molecule has 1 amide bonds. The summed E-state index contributed by atoms with van der Waals surface area (Å²) >= 11 is 1.63. The third kappa shape index (κ3) is 3.33. The van der Waals surface area contributed by atoms with Crippen LogP contribution < -0.4 is 0 Å². The fraction of sp³-hybridized carbons (Fsp3) is 0.278. The number of halogens is 1. The lowest BCUT2D eigenvalue weighted by atomic mass is 10.1. The molecule has 0 spiro atoms. The van der Waals surface area contributed by atoms with Crippen molar-refractivity contribution in [1.82, 2.24) is 4.90 Å². The lowest BCUT2D eigenvalue weighted by Crippen LogP contribution is -2.30. The molecule has 1 unspecified atom stereocenters. The van der Waals surface area contributed by atoms with E-state index in [1.807, 2.05) is 41.3 Å². The van der Waals surface area contributed by atoms with Gasteiger partial charge >= 0.3 is 0 Å². The first kappa shape index (κ1) is 15.1. The first-order valence-corrected chi connectivity index (χ1v) is 8.50. The summed E-state index contributed by atoms with van der Waals surface area (Å²) in [6.45, 7) is 0.692. The molecule has 0 aliphatic carbocycles. The van der Waals surface area contributed by atoms with Crippen LogP contribution in [0.15, 0.2) is 54.6 Å². The standard InChI is InChI=1S/C18H18FNOS/c19-16-9-5-4-8-15(16)18-20(12-13-22-18)17(21)11-10-14-6-2-1-3-7-14/h1-9,18H,10-13H2. The molecule has 22 heavy (non-hydrogen) atoms. The Morgan fingerprint density at radius 1 is 1.14 bits per heavy atom. The summed E-state index contributed by atoms with van der Waals surface area (Å²) in [6.07, 6.45) is 1.19. The Labute approximate surface area is 134 Å². The van der Waals surface area contributed by atoms with Gasteiger partial charge in [-0.25, -0.2) is 4.39 Å². The van der Waals surface area contributed by atoms with Crippen LogP contribution in [0.5, 0.6) is 0 Å². The summed E-state index contributed by atoms with van der Waals surface area (Å²) in [5, 5.41) is -0.190. The Bertz CT molecular complexity index is 647. The molecular formula is C18H18FNOS. The van der Waals surface area contributed by atoms with Gasteiger partial charge in [-0.1, -0.05) is 48.5 Å². The van der Waals surface area contributed by atoms with E-state index in [-0.39, 0.29) is 17.1 Å². The number of rotatable bonds is 4. The maximum Gasteiger partial charge on any atom is 0.224 e. The second-order valence-corrected chi connectivity index (χ2v) is 6.51. The number of hydrogen-bond acceptors (Lipinski definition) is 2. The van der Waals surface area contributed by atoms with E-state index in [0.29, 0.717) is 18.5 Å². The monoisotopic (exact) mass is 315 g/mol. The molecule has 2 aromatic carbocycles. The van der Waals surface area contributed by atoms with Crippen molar-refractivity contribution in [1.29, 1.82) is 0 Å². The summed E-state index contributed by atoms with van der Waals surface area (Å²) in [5.41, 5.74) is 1.77. The van der Waals surface area contributed by atoms with Crippen LogP contribution in [-0.4, -0.2) is 23.1 Å². The molecule has 1 heterocycles. The second-order valence-electron chi connectivity index (χ2n) is 5.32. The summed E-state index contributed by atoms with van der Waals surface area (Å²) in [5.74, 6) is 0.723. The number of carbonyl (C=O) groups excluding carboxylic acids is 1. The molecule has 1 aliphatic rings. The maximum absolute atomic E-state index is 14.0. The lowest BCUT2D eigenvalue weighted by Gasteiger charge is -2.24. The largest absolute Gasteiger partial charge is 0.326 e. The van der Waals surface area contributed by atoms with Gasteiger partial charge < -0.3 is 4.90 Å². The highest BCUT2D eigenvalue weighted by atomic mass is 32.2. The van der Waals surface area contributed by atoms with Crippen LogP contribution in [0.25, 0.3) is 0 Å². The predicted molar refractivity (Wildman–Crippen MR) is 88.1 cm³/mol. The van der Waals surface area contributed by atoms with Gasteiger partial charge in [0.25, 0.3) is 0 Å². The smallest absolute Gasteiger partial charge is 0.224 e. The van der Waals surface area contributed by atoms with E-state index in [9.17, 15) is 9.18 Å². The molecule has 4 heteroatoms. The fourth-order valence-electron chi connectivity index (χ4n) is 2.70. The van der Waals surface area contributed by atoms with Crippen molar-refractivity contribution < 1.29 is 9.18 Å². The molecule has 3 rings (SSSR count). The van der Waals surface area contributed by atoms with Crippen molar-refractivity contribution in [3.8, 4) is 0 Å². The number of carbonyl (C=O) groups is 1. The highest BCUT2D eigenvalue weighted by Gasteiger charge is 2.31. The molecular weight excluding hydrogens is 297 g/mol. The van der Waals surface area contributed by atoms with Gasteiger partial charge in [0.1, 0.15) is 11.2 Å². The number of hydrogen-bond donors (Lipinski definition) is 0. The van der Waals surface area contributed by atoms with Gasteiger partial charge in [0.15, 0.2) is 0 Å². The zero-order valence-electron chi connectivity index (χ0n) is 12.2. The van der Waals surface area contributed by atoms with E-state index in [1.54, 1.807) is 23.9 Å². The molecule has 0 N–H and O–H groups in total. The highest BCUT2D eigenvalue weighted by molar-refractivity contribution is 7.99. The molecule has 0 saturated carbocycles. The molecule has 0 aromatic heterocycles. The molecule has 1 atom stereocenters. The first-order valence-electron chi connectivity index (χ1n) is 7.45. The summed E-state index contributed by atoms with van der Waals surface area (Å²) < 4.78 is 14.0. The van der Waals surface area contributed by atoms with Crippen molar-refractivity contribution in [2.45, 2.75) is 18.2 Å². The number of thioether (sulfide) groups is 1. The van der Waals surface area contributed by atoms with Gasteiger partial charge in [0.2, 0.25) is 5.91 Å². The van der Waals surface area contributed by atoms with Gasteiger partial charge in [-0.05, 0) is 18.1 Å². The van der Waals surface area contributed by atoms with Gasteiger partial charge in [-0.15, -0.1) is 11.8 Å². The van der Waals surface area contributed by atoms with Crippen LogP contribution in [-0.2, 0) is 11.2 Å². The number of benzene rings is 2. The van der Waals surface area contributed by atoms with E-state index in [1.165, 1.54) is 6.07 Å². The molecule has 0 radical (unpaired) electrons. The molecule has 1 saturated heterocycles. The second kappa shape index (κ2) is 6.97. The van der Waals surface area contributed by atoms with Crippen LogP contribution >= 0.6 is 11.8 Å². The highest BCUT2D eigenvalue weighted by Crippen LogP contribution is 2.39. The van der Waals surface area contributed by atoms with Crippen molar-refractivity contribution in [3.63, 3.8) is 0 Å². The summed E-state index contributed by atoms with van der Waals surface area (Å²) in [7, 11) is 0. The predicted octanol–water partition coefficient (Wildman–Crippen LogP) is 4.03. The minimum Gasteiger partial charge on any atom is -0.326 e. The van der Waals surface area contributed by atoms with Gasteiger partial charge in [-0.3, -0.25) is 4.79 Å². The van der Waals surface area contributed by atoms with Crippen LogP contribution in [0.4, 0.5) is 4.39 Å². The SMILES string of the molecule is O=C(CCc1ccccc1)N1CCSC1c1ccccc1F. The minimum atomic E-state index is -0.234. The Balaban J connectivity index is 1.68. The van der Waals surface area contributed by atoms with Gasteiger partial charge in [-0.2, -0.15) is 0 Å². The number of nitrogens with zero attached hydrogens (tertiary/aromatic N) is 1. The average Bonchev–Trinajstić information content (AvgIpc) is 3.03. The average molecular weight is 315 g/mol. The van der Waals surface area contributed by atoms with Crippen LogP contribution in [0.2, 0.25) is 0 Å². The Kier molecular flexibility index (Phi) is 4.78. The Morgan fingerprint density at radius 3 is 2.64 bits per heavy atom. The molecule has 114 valence electrons. The van der Waals surface area contributed by atoms with Crippen molar-refractivity contribution in [2.75, 3.05) is 12.3 Å². The zero-order valence-corrected chi connectivity index (χ0v) is 13.1. The van der Waals surface area contributed by atoms with Crippen molar-refractivity contribution >= 4 is 17.7 Å². The lowest BCUT2D eigenvalue weighted by molar-refractivity contribution is -0.131. The maximum atomic E-state index is 14.0. The summed E-state index contributed by atoms with van der Waals surface area (Å²) in [4.78, 5) is 14.3.